The van der Waals surface area contributed by atoms with Gasteiger partial charge in [-0.3, -0.25) is 14.0 Å². The average Bonchev–Trinajstić information content (AvgIpc) is 3.22. The minimum atomic E-state index is -4.50. The monoisotopic (exact) mass is 1040 g/mol. The van der Waals surface area contributed by atoms with E-state index in [1.165, 1.54) is 0 Å². The lowest BCUT2D eigenvalue weighted by Gasteiger charge is -2.23. The van der Waals surface area contributed by atoms with Gasteiger partial charge < -0.3 is 37.9 Å². The van der Waals surface area contributed by atoms with E-state index in [1.807, 2.05) is 72.8 Å². The van der Waals surface area contributed by atoms with Crippen molar-refractivity contribution in [3.63, 3.8) is 0 Å². The standard InChI is InChI=1S/C33H43N9O10P8S2/c1-40(57(61)51-31-13-3-26(4-14-31)19-20-42(24-59(43,44)45)25-60(46,47)48)35-21-27-5-9-29(10-6-27)49-23-37-54-33-17-15-32(16-18-33)52-58(62)41(2)36-22-28-7-11-30(12-8-28)50-55-56(53)39-38-34/h3-18,21-22,55,57-58H,19-20,23-25,53H2,1-2H3,(H2,43,44,45)(H2,46,47,48). The molecule has 0 radical (unpaired) electrons. The molecule has 4 rings (SSSR count). The number of rotatable bonds is 25. The van der Waals surface area contributed by atoms with Gasteiger partial charge in [-0.25, -0.2) is 14.3 Å². The molecular formula is C33H43N9O10P8S2. The number of ether oxygens (including phenoxy) is 1. The van der Waals surface area contributed by atoms with Crippen LogP contribution in [0.4, 0.5) is 0 Å². The molecule has 5 atom stereocenters. The molecule has 0 aromatic heterocycles. The van der Waals surface area contributed by atoms with Gasteiger partial charge >= 0.3 is 15.2 Å². The summed E-state index contributed by atoms with van der Waals surface area (Å²) in [7, 11) is -7.03. The quantitative estimate of drug-likeness (QED) is 0.0121. The van der Waals surface area contributed by atoms with E-state index in [0.29, 0.717) is 29.4 Å². The Hall–Kier alpha value is -2.72. The van der Waals surface area contributed by atoms with Crippen LogP contribution in [0.15, 0.2) is 117 Å². The lowest BCUT2D eigenvalue weighted by molar-refractivity contribution is 0.279. The van der Waals surface area contributed by atoms with Crippen LogP contribution < -0.4 is 23.6 Å². The minimum absolute atomic E-state index is 0.0367. The molecule has 0 saturated carbocycles. The summed E-state index contributed by atoms with van der Waals surface area (Å²) in [5.41, 5.74) is 11.0. The topological polar surface area (TPSA) is 248 Å². The fourth-order valence-electron chi connectivity index (χ4n) is 4.68. The van der Waals surface area contributed by atoms with Crippen LogP contribution in [0.3, 0.4) is 0 Å². The molecule has 4 N–H and O–H groups in total. The molecule has 0 aliphatic carbocycles. The van der Waals surface area contributed by atoms with E-state index in [-0.39, 0.29) is 21.8 Å². The molecule has 332 valence electrons. The van der Waals surface area contributed by atoms with E-state index in [1.54, 1.807) is 60.3 Å². The first-order chi connectivity index (χ1) is 29.4. The summed E-state index contributed by atoms with van der Waals surface area (Å²) < 4.78 is 53.8. The Balaban J connectivity index is 1.15. The van der Waals surface area contributed by atoms with E-state index >= 15 is 0 Å². The molecule has 0 saturated heterocycles. The van der Waals surface area contributed by atoms with Crippen molar-refractivity contribution in [1.29, 1.82) is 0 Å². The number of hydrazone groups is 2. The lowest BCUT2D eigenvalue weighted by atomic mass is 10.1. The van der Waals surface area contributed by atoms with Crippen LogP contribution in [-0.2, 0) is 39.2 Å². The molecule has 29 heteroatoms. The molecule has 5 unspecified atom stereocenters. The van der Waals surface area contributed by atoms with Gasteiger partial charge in [0.05, 0.1) is 19.9 Å². The Morgan fingerprint density at radius 2 is 1.26 bits per heavy atom. The predicted molar refractivity (Wildman–Crippen MR) is 263 cm³/mol. The Bertz CT molecular complexity index is 2320. The van der Waals surface area contributed by atoms with Crippen molar-refractivity contribution in [1.82, 2.24) is 14.5 Å². The smallest absolute Gasteiger partial charge is 0.339 e. The Kier molecular flexibility index (Phi) is 22.0. The minimum Gasteiger partial charge on any atom is -0.472 e. The van der Waals surface area contributed by atoms with E-state index < -0.39 is 49.4 Å². The molecule has 0 spiro atoms. The summed E-state index contributed by atoms with van der Waals surface area (Å²) >= 11 is 11.1. The largest absolute Gasteiger partial charge is 0.472 e. The summed E-state index contributed by atoms with van der Waals surface area (Å²) in [6.45, 7) is 0.186. The van der Waals surface area contributed by atoms with Crippen LogP contribution in [0.5, 0.6) is 23.0 Å². The van der Waals surface area contributed by atoms with E-state index in [0.717, 1.165) is 35.3 Å². The van der Waals surface area contributed by atoms with E-state index in [9.17, 15) is 28.7 Å². The van der Waals surface area contributed by atoms with Crippen LogP contribution in [0, 0.1) is 0 Å². The second kappa shape index (κ2) is 26.3. The third kappa shape index (κ3) is 20.9. The molecule has 4 aromatic carbocycles. The van der Waals surface area contributed by atoms with Gasteiger partial charge in [0.2, 0.25) is 14.1 Å². The van der Waals surface area contributed by atoms with Crippen LogP contribution in [0.1, 0.15) is 16.7 Å². The lowest BCUT2D eigenvalue weighted by Crippen LogP contribution is -2.28. The molecule has 0 bridgehead atoms. The second-order valence-corrected chi connectivity index (χ2v) is 27.8. The van der Waals surface area contributed by atoms with Gasteiger partial charge in [0, 0.05) is 39.2 Å². The van der Waals surface area contributed by atoms with Crippen molar-refractivity contribution in [2.24, 2.45) is 19.8 Å². The highest BCUT2D eigenvalue weighted by molar-refractivity contribution is 8.46. The Morgan fingerprint density at radius 1 is 0.790 bits per heavy atom. The van der Waals surface area contributed by atoms with Crippen LogP contribution in [-0.4, -0.2) is 86.4 Å². The third-order valence-electron chi connectivity index (χ3n) is 7.57. The summed E-state index contributed by atoms with van der Waals surface area (Å²) in [6, 6.07) is 29.1. The van der Waals surface area contributed by atoms with E-state index in [4.69, 9.17) is 47.5 Å². The molecule has 0 heterocycles. The highest BCUT2D eigenvalue weighted by Crippen LogP contribution is 2.63. The number of hydrogen-bond acceptors (Lipinski definition) is 13. The molecule has 4 aromatic rings. The summed E-state index contributed by atoms with van der Waals surface area (Å²) in [5.74, 6) is 2.46. The first-order valence-corrected chi connectivity index (χ1v) is 31.8. The average molecular weight is 1040 g/mol. The number of benzene rings is 4. The zero-order chi connectivity index (χ0) is 45.1. The van der Waals surface area contributed by atoms with Crippen LogP contribution in [0.25, 0.3) is 10.4 Å². The van der Waals surface area contributed by atoms with Crippen molar-refractivity contribution in [2.45, 2.75) is 6.42 Å². The summed E-state index contributed by atoms with van der Waals surface area (Å²) in [4.78, 5) is 44.5. The van der Waals surface area contributed by atoms with Crippen molar-refractivity contribution >= 4 is 104 Å². The highest BCUT2D eigenvalue weighted by Gasteiger charge is 2.25. The van der Waals surface area contributed by atoms with Gasteiger partial charge in [0.25, 0.3) is 0 Å². The molecule has 0 amide bonds. The number of azide groups is 1. The molecule has 19 nitrogen and oxygen atoms in total. The van der Waals surface area contributed by atoms with Gasteiger partial charge in [-0.15, -0.1) is 0 Å². The van der Waals surface area contributed by atoms with Crippen molar-refractivity contribution in [3.05, 3.63) is 124 Å². The molecule has 0 aliphatic heterocycles. The Labute approximate surface area is 376 Å². The number of hydrogen-bond donors (Lipinski definition) is 4. The first kappa shape index (κ1) is 51.9. The molecule has 0 fully saturated rings. The van der Waals surface area contributed by atoms with Gasteiger partial charge in [-0.1, -0.05) is 25.9 Å². The maximum atomic E-state index is 11.4. The van der Waals surface area contributed by atoms with Crippen molar-refractivity contribution in [2.75, 3.05) is 39.9 Å². The molecular weight excluding hydrogens is 994 g/mol. The second-order valence-electron chi connectivity index (χ2n) is 12.5. The van der Waals surface area contributed by atoms with Gasteiger partial charge in [0.15, 0.2) is 6.73 Å². The summed E-state index contributed by atoms with van der Waals surface area (Å²) in [6.07, 6.45) is 2.14. The van der Waals surface area contributed by atoms with Gasteiger partial charge in [0.1, 0.15) is 44.1 Å². The van der Waals surface area contributed by atoms with Crippen molar-refractivity contribution in [3.8, 4) is 23.0 Å². The zero-order valence-corrected chi connectivity index (χ0v) is 42.2. The van der Waals surface area contributed by atoms with Gasteiger partial charge in [-0.05, 0) is 137 Å². The maximum Gasteiger partial charge on any atom is 0.339 e. The fraction of sp³-hybridized carbons (Fsp3) is 0.212. The SMILES string of the molecule is CN(N=Cc1ccc(OCN=Pc2ccc(O[PH](=S)N(C)N=Cc3ccc(OPP(P)N=[N+]=[N-])cc3)cc2)cc1)[PH](=S)Oc1ccc(CCN(CP(=O)(O)O)CP(=O)(O)O)cc1. The summed E-state index contributed by atoms with van der Waals surface area (Å²) in [5, 5.41) is 9.80. The first-order valence-electron chi connectivity index (χ1n) is 17.7. The van der Waals surface area contributed by atoms with Crippen LogP contribution in [0.2, 0.25) is 0 Å². The van der Waals surface area contributed by atoms with Crippen molar-refractivity contribution < 1.29 is 47.0 Å². The number of nitrogens with zero attached hydrogens (tertiary/aromatic N) is 9. The zero-order valence-electron chi connectivity index (χ0n) is 32.9. The normalized spacial score (nSPS) is 13.7. The fourth-order valence-corrected chi connectivity index (χ4v) is 10.9. The Morgan fingerprint density at radius 3 is 1.74 bits per heavy atom. The molecule has 0 aliphatic rings. The van der Waals surface area contributed by atoms with Crippen LogP contribution >= 0.6 is 62.6 Å². The van der Waals surface area contributed by atoms with Gasteiger partial charge in [-0.2, -0.15) is 10.2 Å². The highest BCUT2D eigenvalue weighted by atomic mass is 32.4. The predicted octanol–water partition coefficient (Wildman–Crippen LogP) is 8.68. The maximum absolute atomic E-state index is 11.4. The van der Waals surface area contributed by atoms with E-state index in [2.05, 4.69) is 33.7 Å². The molecule has 62 heavy (non-hydrogen) atoms. The third-order valence-corrected chi connectivity index (χ3v) is 17.2.